The van der Waals surface area contributed by atoms with E-state index in [1.54, 1.807) is 11.8 Å². The molecule has 150 valence electrons. The summed E-state index contributed by atoms with van der Waals surface area (Å²) in [4.78, 5) is 2.13. The highest BCUT2D eigenvalue weighted by Gasteiger charge is 2.28. The number of nitrogens with zero attached hydrogens (tertiary/aromatic N) is 3. The Bertz CT molecular complexity index is 1190. The van der Waals surface area contributed by atoms with Crippen LogP contribution in [0.1, 0.15) is 11.3 Å². The maximum atomic E-state index is 12.7. The van der Waals surface area contributed by atoms with E-state index in [4.69, 9.17) is 11.6 Å². The van der Waals surface area contributed by atoms with Gasteiger partial charge in [0.1, 0.15) is 6.54 Å². The zero-order chi connectivity index (χ0) is 20.8. The lowest BCUT2D eigenvalue weighted by Gasteiger charge is -2.07. The van der Waals surface area contributed by atoms with Crippen LogP contribution in [0.15, 0.2) is 64.6 Å². The van der Waals surface area contributed by atoms with Crippen molar-refractivity contribution in [1.82, 2.24) is 14.3 Å². The van der Waals surface area contributed by atoms with Crippen LogP contribution in [0, 0.1) is 13.8 Å². The van der Waals surface area contributed by atoms with Crippen LogP contribution in [-0.4, -0.2) is 20.5 Å². The summed E-state index contributed by atoms with van der Waals surface area (Å²) in [6.45, 7) is 2.86. The topological polar surface area (TPSA) is 22.8 Å². The minimum atomic E-state index is -4.33. The second-order valence-corrected chi connectivity index (χ2v) is 8.36. The standard InChI is InChI=1S/C21H17ClF3N3S/c1-13-4-3-5-17(8-13)29-20-14(2)28(19-9-15(22)6-7-18(19)20)16-10-26-27(11-16)12-21(23,24)25/h3-11H,12H2,1-2H3. The molecule has 0 aliphatic heterocycles. The summed E-state index contributed by atoms with van der Waals surface area (Å²) < 4.78 is 41.0. The zero-order valence-corrected chi connectivity index (χ0v) is 17.2. The van der Waals surface area contributed by atoms with Gasteiger partial charge in [0.2, 0.25) is 0 Å². The smallest absolute Gasteiger partial charge is 0.310 e. The van der Waals surface area contributed by atoms with Crippen molar-refractivity contribution < 1.29 is 13.2 Å². The molecule has 0 saturated carbocycles. The number of alkyl halides is 3. The molecule has 0 saturated heterocycles. The van der Waals surface area contributed by atoms with Gasteiger partial charge in [-0.15, -0.1) is 0 Å². The predicted molar refractivity (Wildman–Crippen MR) is 110 cm³/mol. The molecule has 2 heterocycles. The molecule has 0 spiro atoms. The molecule has 0 radical (unpaired) electrons. The first-order valence-electron chi connectivity index (χ1n) is 8.86. The van der Waals surface area contributed by atoms with Crippen molar-refractivity contribution in [1.29, 1.82) is 0 Å². The minimum Gasteiger partial charge on any atom is -0.310 e. The van der Waals surface area contributed by atoms with Crippen molar-refractivity contribution in [2.24, 2.45) is 0 Å². The van der Waals surface area contributed by atoms with E-state index in [1.165, 1.54) is 12.4 Å². The molecule has 0 N–H and O–H groups in total. The molecule has 0 aliphatic rings. The third kappa shape index (κ3) is 4.16. The van der Waals surface area contributed by atoms with Crippen molar-refractivity contribution in [2.75, 3.05) is 0 Å². The van der Waals surface area contributed by atoms with E-state index in [-0.39, 0.29) is 0 Å². The average Bonchev–Trinajstić information content (AvgIpc) is 3.16. The van der Waals surface area contributed by atoms with Gasteiger partial charge >= 0.3 is 6.18 Å². The fourth-order valence-electron chi connectivity index (χ4n) is 3.36. The number of aromatic nitrogens is 3. The molecule has 0 aliphatic carbocycles. The molecule has 3 nitrogen and oxygen atoms in total. The van der Waals surface area contributed by atoms with Crippen LogP contribution in [0.2, 0.25) is 5.02 Å². The lowest BCUT2D eigenvalue weighted by molar-refractivity contribution is -0.142. The number of halogens is 4. The van der Waals surface area contributed by atoms with Crippen LogP contribution < -0.4 is 0 Å². The van der Waals surface area contributed by atoms with Gasteiger partial charge in [0.25, 0.3) is 0 Å². The molecule has 8 heteroatoms. The van der Waals surface area contributed by atoms with E-state index in [0.717, 1.165) is 36.6 Å². The Kier molecular flexibility index (Phi) is 5.12. The quantitative estimate of drug-likeness (QED) is 0.351. The molecular weight excluding hydrogens is 419 g/mol. The molecule has 29 heavy (non-hydrogen) atoms. The lowest BCUT2D eigenvalue weighted by Crippen LogP contribution is -2.17. The molecule has 0 fully saturated rings. The molecule has 2 aromatic heterocycles. The van der Waals surface area contributed by atoms with E-state index >= 15 is 0 Å². The lowest BCUT2D eigenvalue weighted by atomic mass is 10.2. The third-order valence-electron chi connectivity index (χ3n) is 4.54. The maximum Gasteiger partial charge on any atom is 0.408 e. The van der Waals surface area contributed by atoms with Gasteiger partial charge < -0.3 is 4.57 Å². The Balaban J connectivity index is 1.84. The first-order chi connectivity index (χ1) is 13.7. The molecule has 0 bridgehead atoms. The second-order valence-electron chi connectivity index (χ2n) is 6.84. The summed E-state index contributed by atoms with van der Waals surface area (Å²) >= 11 is 7.85. The Morgan fingerprint density at radius 2 is 1.90 bits per heavy atom. The zero-order valence-electron chi connectivity index (χ0n) is 15.7. The molecule has 4 aromatic rings. The molecule has 0 unspecified atom stereocenters. The summed E-state index contributed by atoms with van der Waals surface area (Å²) in [6, 6.07) is 13.8. The van der Waals surface area contributed by atoms with Gasteiger partial charge in [-0.25, -0.2) is 0 Å². The Labute approximate surface area is 175 Å². The summed E-state index contributed by atoms with van der Waals surface area (Å²) in [5.41, 5.74) is 3.47. The van der Waals surface area contributed by atoms with Gasteiger partial charge in [0, 0.05) is 32.1 Å². The second kappa shape index (κ2) is 7.46. The third-order valence-corrected chi connectivity index (χ3v) is 5.98. The Morgan fingerprint density at radius 3 is 2.62 bits per heavy atom. The molecule has 2 aromatic carbocycles. The molecular formula is C21H17ClF3N3S. The van der Waals surface area contributed by atoms with Crippen LogP contribution in [0.4, 0.5) is 13.2 Å². The number of aryl methyl sites for hydroxylation is 1. The van der Waals surface area contributed by atoms with Crippen molar-refractivity contribution in [3.63, 3.8) is 0 Å². The highest BCUT2D eigenvalue weighted by molar-refractivity contribution is 7.99. The predicted octanol–water partition coefficient (Wildman–Crippen LogP) is 6.81. The number of rotatable bonds is 4. The number of hydrogen-bond donors (Lipinski definition) is 0. The van der Waals surface area contributed by atoms with Gasteiger partial charge in [0.15, 0.2) is 0 Å². The van der Waals surface area contributed by atoms with Crippen LogP contribution >= 0.6 is 23.4 Å². The molecule has 4 rings (SSSR count). The average molecular weight is 436 g/mol. The van der Waals surface area contributed by atoms with Gasteiger partial charge in [0.05, 0.1) is 17.4 Å². The van der Waals surface area contributed by atoms with Crippen LogP contribution in [0.25, 0.3) is 16.6 Å². The van der Waals surface area contributed by atoms with Crippen LogP contribution in [-0.2, 0) is 6.54 Å². The van der Waals surface area contributed by atoms with E-state index in [2.05, 4.69) is 11.2 Å². The summed E-state index contributed by atoms with van der Waals surface area (Å²) in [5, 5.41) is 5.44. The van der Waals surface area contributed by atoms with E-state index in [0.29, 0.717) is 10.7 Å². The van der Waals surface area contributed by atoms with E-state index in [9.17, 15) is 13.2 Å². The summed E-state index contributed by atoms with van der Waals surface area (Å²) in [7, 11) is 0. The van der Waals surface area contributed by atoms with Crippen LogP contribution in [0.3, 0.4) is 0 Å². The summed E-state index contributed by atoms with van der Waals surface area (Å²) in [6.07, 6.45) is -1.48. The van der Waals surface area contributed by atoms with E-state index in [1.807, 2.05) is 54.8 Å². The molecule has 0 amide bonds. The maximum absolute atomic E-state index is 12.7. The van der Waals surface area contributed by atoms with Crippen molar-refractivity contribution in [3.05, 3.63) is 71.1 Å². The fourth-order valence-corrected chi connectivity index (χ4v) is 4.67. The van der Waals surface area contributed by atoms with Gasteiger partial charge in [-0.3, -0.25) is 4.68 Å². The first kappa shape index (κ1) is 19.9. The summed E-state index contributed by atoms with van der Waals surface area (Å²) in [5.74, 6) is 0. The first-order valence-corrected chi connectivity index (χ1v) is 10.1. The highest BCUT2D eigenvalue weighted by Crippen LogP contribution is 2.40. The number of fused-ring (bicyclic) bond motifs is 1. The van der Waals surface area contributed by atoms with Gasteiger partial charge in [-0.2, -0.15) is 18.3 Å². The number of hydrogen-bond acceptors (Lipinski definition) is 2. The Hall–Kier alpha value is -2.38. The van der Waals surface area contributed by atoms with Crippen molar-refractivity contribution in [3.8, 4) is 5.69 Å². The SMILES string of the molecule is Cc1cccc(Sc2c(C)n(-c3cnn(CC(F)(F)F)c3)c3cc(Cl)ccc23)c1. The Morgan fingerprint density at radius 1 is 1.10 bits per heavy atom. The normalized spacial score (nSPS) is 12.1. The minimum absolute atomic E-state index is 0.561. The molecule has 0 atom stereocenters. The van der Waals surface area contributed by atoms with Crippen LogP contribution in [0.5, 0.6) is 0 Å². The van der Waals surface area contributed by atoms with Gasteiger partial charge in [-0.1, -0.05) is 47.1 Å². The van der Waals surface area contributed by atoms with Crippen molar-refractivity contribution in [2.45, 2.75) is 36.4 Å². The fraction of sp³-hybridized carbons (Fsp3) is 0.190. The van der Waals surface area contributed by atoms with E-state index < -0.39 is 12.7 Å². The van der Waals surface area contributed by atoms with Gasteiger partial charge in [-0.05, 0) is 38.1 Å². The number of benzene rings is 2. The largest absolute Gasteiger partial charge is 0.408 e. The van der Waals surface area contributed by atoms with Crippen molar-refractivity contribution >= 4 is 34.3 Å². The highest BCUT2D eigenvalue weighted by atomic mass is 35.5. The monoisotopic (exact) mass is 435 g/mol.